The molecule has 1 aromatic rings. The molecule has 2 amide bonds. The van der Waals surface area contributed by atoms with Crippen molar-refractivity contribution in [2.24, 2.45) is 11.8 Å². The lowest BCUT2D eigenvalue weighted by Gasteiger charge is -2.24. The summed E-state index contributed by atoms with van der Waals surface area (Å²) in [6, 6.07) is 0.0852. The number of hydrogen-bond acceptors (Lipinski definition) is 3. The first kappa shape index (κ1) is 14.4. The van der Waals surface area contributed by atoms with Crippen molar-refractivity contribution in [3.8, 4) is 0 Å². The third-order valence-corrected chi connectivity index (χ3v) is 4.44. The van der Waals surface area contributed by atoms with Crippen LogP contribution in [-0.2, 0) is 17.7 Å². The number of hydrogen-bond donors (Lipinski definition) is 2. The molecule has 1 aromatic heterocycles. The Bertz CT molecular complexity index is 484. The highest BCUT2D eigenvalue weighted by atomic mass is 16.5. The lowest BCUT2D eigenvalue weighted by molar-refractivity contribution is 0.157. The van der Waals surface area contributed by atoms with Crippen LogP contribution < -0.4 is 10.6 Å². The number of fused-ring (bicyclic) bond motifs is 1. The zero-order valence-electron chi connectivity index (χ0n) is 12.5. The Morgan fingerprint density at radius 1 is 1.52 bits per heavy atom. The lowest BCUT2D eigenvalue weighted by Crippen LogP contribution is -2.47. The number of carbonyl (C=O) groups excluding carboxylic acids is 1. The Labute approximate surface area is 125 Å². The van der Waals surface area contributed by atoms with Crippen LogP contribution in [0.4, 0.5) is 4.79 Å². The largest absolute Gasteiger partial charge is 0.383 e. The summed E-state index contributed by atoms with van der Waals surface area (Å²) in [5, 5.41) is 6.05. The molecular formula is C15H24N4O2. The summed E-state index contributed by atoms with van der Waals surface area (Å²) in [6.45, 7) is 2.26. The number of imidazole rings is 1. The van der Waals surface area contributed by atoms with Crippen LogP contribution >= 0.6 is 0 Å². The van der Waals surface area contributed by atoms with Crippen molar-refractivity contribution >= 4 is 6.03 Å². The number of nitrogens with zero attached hydrogens (tertiary/aromatic N) is 2. The minimum Gasteiger partial charge on any atom is -0.383 e. The van der Waals surface area contributed by atoms with E-state index in [4.69, 9.17) is 4.74 Å². The van der Waals surface area contributed by atoms with Crippen LogP contribution in [0.2, 0.25) is 0 Å². The van der Waals surface area contributed by atoms with E-state index < -0.39 is 0 Å². The Hall–Kier alpha value is -1.56. The number of rotatable bonds is 6. The molecule has 1 aliphatic heterocycles. The molecule has 0 aromatic carbocycles. The summed E-state index contributed by atoms with van der Waals surface area (Å²) >= 11 is 0. The Balaban J connectivity index is 1.41. The van der Waals surface area contributed by atoms with Crippen LogP contribution in [0.5, 0.6) is 0 Å². The van der Waals surface area contributed by atoms with Gasteiger partial charge in [0, 0.05) is 39.0 Å². The molecule has 2 aliphatic rings. The summed E-state index contributed by atoms with van der Waals surface area (Å²) < 4.78 is 7.36. The van der Waals surface area contributed by atoms with Gasteiger partial charge < -0.3 is 19.9 Å². The highest BCUT2D eigenvalue weighted by Crippen LogP contribution is 2.32. The molecule has 2 atom stereocenters. The molecule has 6 heteroatoms. The minimum absolute atomic E-state index is 0.0691. The highest BCUT2D eigenvalue weighted by Gasteiger charge is 2.32. The lowest BCUT2D eigenvalue weighted by atomic mass is 9.99. The van der Waals surface area contributed by atoms with Gasteiger partial charge in [-0.05, 0) is 31.1 Å². The summed E-state index contributed by atoms with van der Waals surface area (Å²) in [6.07, 6.45) is 8.34. The van der Waals surface area contributed by atoms with Crippen LogP contribution in [-0.4, -0.2) is 41.9 Å². The van der Waals surface area contributed by atoms with E-state index in [1.807, 2.05) is 12.4 Å². The van der Waals surface area contributed by atoms with Crippen LogP contribution in [0, 0.1) is 11.8 Å². The number of amides is 2. The number of urea groups is 1. The van der Waals surface area contributed by atoms with Crippen molar-refractivity contribution in [2.45, 2.75) is 38.3 Å². The quantitative estimate of drug-likeness (QED) is 0.827. The number of aromatic nitrogens is 2. The number of carbonyl (C=O) groups is 1. The van der Waals surface area contributed by atoms with E-state index in [0.29, 0.717) is 25.0 Å². The summed E-state index contributed by atoms with van der Waals surface area (Å²) in [7, 11) is 1.68. The first-order valence-corrected chi connectivity index (χ1v) is 7.79. The fourth-order valence-electron chi connectivity index (χ4n) is 3.03. The molecule has 0 spiro atoms. The number of aryl methyl sites for hydroxylation is 1. The van der Waals surface area contributed by atoms with E-state index in [9.17, 15) is 4.79 Å². The van der Waals surface area contributed by atoms with Crippen LogP contribution in [0.25, 0.3) is 0 Å². The third-order valence-electron chi connectivity index (χ3n) is 4.44. The summed E-state index contributed by atoms with van der Waals surface area (Å²) in [5.74, 6) is 2.24. The first-order valence-electron chi connectivity index (χ1n) is 7.79. The first-order chi connectivity index (χ1) is 10.3. The van der Waals surface area contributed by atoms with Gasteiger partial charge in [0.15, 0.2) is 0 Å². The maximum atomic E-state index is 12.0. The normalized spacial score (nSPS) is 22.4. The molecular weight excluding hydrogens is 268 g/mol. The van der Waals surface area contributed by atoms with Gasteiger partial charge >= 0.3 is 6.03 Å². The van der Waals surface area contributed by atoms with E-state index in [1.54, 1.807) is 7.11 Å². The Morgan fingerprint density at radius 3 is 3.14 bits per heavy atom. The second-order valence-corrected chi connectivity index (χ2v) is 6.15. The van der Waals surface area contributed by atoms with E-state index >= 15 is 0 Å². The van der Waals surface area contributed by atoms with Crippen molar-refractivity contribution < 1.29 is 9.53 Å². The highest BCUT2D eigenvalue weighted by molar-refractivity contribution is 5.74. The van der Waals surface area contributed by atoms with E-state index in [2.05, 4.69) is 20.2 Å². The predicted octanol–water partition coefficient (Wildman–Crippen LogP) is 1.17. The molecule has 0 bridgehead atoms. The standard InChI is InChI=1S/C15H24N4O2/c1-21-10-13(12-3-4-12)18-15(20)17-8-11-2-5-14-16-6-7-19(14)9-11/h6-7,11-13H,2-5,8-10H2,1H3,(H2,17,18,20)/t11-,13+/m0/s1. The molecule has 3 rings (SSSR count). The van der Waals surface area contributed by atoms with Crippen molar-refractivity contribution in [3.05, 3.63) is 18.2 Å². The molecule has 0 unspecified atom stereocenters. The average molecular weight is 292 g/mol. The number of ether oxygens (including phenoxy) is 1. The van der Waals surface area contributed by atoms with Crippen molar-refractivity contribution in [1.29, 1.82) is 0 Å². The van der Waals surface area contributed by atoms with Gasteiger partial charge in [-0.1, -0.05) is 0 Å². The molecule has 21 heavy (non-hydrogen) atoms. The molecule has 0 saturated heterocycles. The number of nitrogens with one attached hydrogen (secondary N) is 2. The van der Waals surface area contributed by atoms with Gasteiger partial charge in [-0.3, -0.25) is 0 Å². The predicted molar refractivity (Wildman–Crippen MR) is 79.0 cm³/mol. The maximum Gasteiger partial charge on any atom is 0.315 e. The van der Waals surface area contributed by atoms with E-state index in [1.165, 1.54) is 12.8 Å². The van der Waals surface area contributed by atoms with Crippen molar-refractivity contribution in [1.82, 2.24) is 20.2 Å². The van der Waals surface area contributed by atoms with E-state index in [0.717, 1.165) is 25.2 Å². The van der Waals surface area contributed by atoms with Gasteiger partial charge in [-0.2, -0.15) is 0 Å². The molecule has 116 valence electrons. The molecule has 2 heterocycles. The van der Waals surface area contributed by atoms with Gasteiger partial charge in [0.05, 0.1) is 12.6 Å². The summed E-state index contributed by atoms with van der Waals surface area (Å²) in [5.41, 5.74) is 0. The van der Waals surface area contributed by atoms with Gasteiger partial charge in [-0.25, -0.2) is 9.78 Å². The zero-order chi connectivity index (χ0) is 14.7. The second kappa shape index (κ2) is 6.47. The van der Waals surface area contributed by atoms with Gasteiger partial charge in [0.1, 0.15) is 5.82 Å². The minimum atomic E-state index is -0.0691. The Morgan fingerprint density at radius 2 is 2.38 bits per heavy atom. The summed E-state index contributed by atoms with van der Waals surface area (Å²) in [4.78, 5) is 16.3. The van der Waals surface area contributed by atoms with Crippen molar-refractivity contribution in [2.75, 3.05) is 20.3 Å². The van der Waals surface area contributed by atoms with Gasteiger partial charge in [-0.15, -0.1) is 0 Å². The number of methoxy groups -OCH3 is 1. The molecule has 2 N–H and O–H groups in total. The van der Waals surface area contributed by atoms with Crippen LogP contribution in [0.1, 0.15) is 25.1 Å². The van der Waals surface area contributed by atoms with Gasteiger partial charge in [0.2, 0.25) is 0 Å². The fourth-order valence-corrected chi connectivity index (χ4v) is 3.03. The Kier molecular flexibility index (Phi) is 4.43. The second-order valence-electron chi connectivity index (χ2n) is 6.15. The van der Waals surface area contributed by atoms with E-state index in [-0.39, 0.29) is 12.1 Å². The molecule has 6 nitrogen and oxygen atoms in total. The topological polar surface area (TPSA) is 68.2 Å². The average Bonchev–Trinajstić information content (AvgIpc) is 3.22. The van der Waals surface area contributed by atoms with Crippen LogP contribution in [0.15, 0.2) is 12.4 Å². The van der Waals surface area contributed by atoms with Crippen molar-refractivity contribution in [3.63, 3.8) is 0 Å². The SMILES string of the molecule is COC[C@@H](NC(=O)NC[C@@H]1CCc2nccn2C1)C1CC1. The zero-order valence-corrected chi connectivity index (χ0v) is 12.5. The molecule has 1 fully saturated rings. The fraction of sp³-hybridized carbons (Fsp3) is 0.733. The van der Waals surface area contributed by atoms with Gasteiger partial charge in [0.25, 0.3) is 0 Å². The monoisotopic (exact) mass is 292 g/mol. The molecule has 1 saturated carbocycles. The third kappa shape index (κ3) is 3.75. The smallest absolute Gasteiger partial charge is 0.315 e. The maximum absolute atomic E-state index is 12.0. The van der Waals surface area contributed by atoms with Crippen LogP contribution in [0.3, 0.4) is 0 Å². The molecule has 1 aliphatic carbocycles. The molecule has 0 radical (unpaired) electrons.